The Labute approximate surface area is 149 Å². The molecule has 4 rings (SSSR count). The molecule has 1 aromatic heterocycles. The van der Waals surface area contributed by atoms with Crippen LogP contribution >= 0.6 is 0 Å². The third-order valence-electron chi connectivity index (χ3n) is 5.23. The van der Waals surface area contributed by atoms with Gasteiger partial charge in [-0.25, -0.2) is 0 Å². The molecule has 0 saturated carbocycles. The van der Waals surface area contributed by atoms with Gasteiger partial charge in [0.05, 0.1) is 6.20 Å². The standard InChI is InChI=1S/C19H26N6/c1-15-8-12-24(13-9-15)17-6-4-16(5-7-17)21-18-14-20-23-19(22-18)25-10-2-3-11-25/h4-7,14-15H,2-3,8-13H2,1H3,(H,21,22,23). The second-order valence-electron chi connectivity index (χ2n) is 7.18. The van der Waals surface area contributed by atoms with Crippen LogP contribution in [0.4, 0.5) is 23.1 Å². The number of aromatic nitrogens is 3. The van der Waals surface area contributed by atoms with Gasteiger partial charge in [-0.05, 0) is 55.9 Å². The zero-order valence-corrected chi connectivity index (χ0v) is 14.9. The van der Waals surface area contributed by atoms with Gasteiger partial charge in [0.25, 0.3) is 0 Å². The fourth-order valence-corrected chi connectivity index (χ4v) is 3.58. The van der Waals surface area contributed by atoms with Gasteiger partial charge in [-0.15, -0.1) is 5.10 Å². The second kappa shape index (κ2) is 7.25. The van der Waals surface area contributed by atoms with Gasteiger partial charge in [0.15, 0.2) is 5.82 Å². The third-order valence-corrected chi connectivity index (χ3v) is 5.23. The van der Waals surface area contributed by atoms with Gasteiger partial charge < -0.3 is 15.1 Å². The Balaban J connectivity index is 1.42. The van der Waals surface area contributed by atoms with E-state index in [1.165, 1.54) is 31.4 Å². The Hall–Kier alpha value is -2.37. The Kier molecular flexibility index (Phi) is 4.68. The molecular weight excluding hydrogens is 312 g/mol. The summed E-state index contributed by atoms with van der Waals surface area (Å²) in [5, 5.41) is 11.6. The van der Waals surface area contributed by atoms with Crippen molar-refractivity contribution < 1.29 is 0 Å². The lowest BCUT2D eigenvalue weighted by molar-refractivity contribution is 0.438. The van der Waals surface area contributed by atoms with Gasteiger partial charge in [0.1, 0.15) is 0 Å². The van der Waals surface area contributed by atoms with E-state index in [1.807, 2.05) is 0 Å². The summed E-state index contributed by atoms with van der Waals surface area (Å²) in [6.45, 7) is 6.70. The van der Waals surface area contributed by atoms with Crippen molar-refractivity contribution in [1.82, 2.24) is 15.2 Å². The predicted octanol–water partition coefficient (Wildman–Crippen LogP) is 3.45. The highest BCUT2D eigenvalue weighted by atomic mass is 15.3. The Morgan fingerprint density at radius 1 is 0.960 bits per heavy atom. The number of nitrogens with one attached hydrogen (secondary N) is 1. The van der Waals surface area contributed by atoms with Gasteiger partial charge in [0.2, 0.25) is 5.95 Å². The first-order chi connectivity index (χ1) is 12.3. The van der Waals surface area contributed by atoms with E-state index in [4.69, 9.17) is 0 Å². The van der Waals surface area contributed by atoms with E-state index < -0.39 is 0 Å². The fraction of sp³-hybridized carbons (Fsp3) is 0.526. The molecule has 6 nitrogen and oxygen atoms in total. The highest BCUT2D eigenvalue weighted by Gasteiger charge is 2.17. The largest absolute Gasteiger partial charge is 0.372 e. The van der Waals surface area contributed by atoms with Crippen molar-refractivity contribution in [3.05, 3.63) is 30.5 Å². The van der Waals surface area contributed by atoms with Crippen molar-refractivity contribution >= 4 is 23.1 Å². The molecule has 6 heteroatoms. The summed E-state index contributed by atoms with van der Waals surface area (Å²) in [5.41, 5.74) is 2.33. The molecule has 1 N–H and O–H groups in total. The summed E-state index contributed by atoms with van der Waals surface area (Å²) in [6.07, 6.45) is 6.66. The topological polar surface area (TPSA) is 57.2 Å². The van der Waals surface area contributed by atoms with Crippen LogP contribution in [0.5, 0.6) is 0 Å². The molecule has 2 fully saturated rings. The highest BCUT2D eigenvalue weighted by molar-refractivity contribution is 5.61. The summed E-state index contributed by atoms with van der Waals surface area (Å²) in [7, 11) is 0. The lowest BCUT2D eigenvalue weighted by atomic mass is 9.99. The van der Waals surface area contributed by atoms with Crippen molar-refractivity contribution in [2.45, 2.75) is 32.6 Å². The van der Waals surface area contributed by atoms with Crippen molar-refractivity contribution in [3.8, 4) is 0 Å². The van der Waals surface area contributed by atoms with Gasteiger partial charge in [0, 0.05) is 37.6 Å². The normalized spacial score (nSPS) is 18.6. The molecule has 2 aliphatic heterocycles. The first kappa shape index (κ1) is 16.1. The maximum atomic E-state index is 4.60. The van der Waals surface area contributed by atoms with E-state index in [1.54, 1.807) is 6.20 Å². The van der Waals surface area contributed by atoms with Gasteiger partial charge in [-0.3, -0.25) is 0 Å². The molecule has 0 radical (unpaired) electrons. The van der Waals surface area contributed by atoms with Gasteiger partial charge in [-0.1, -0.05) is 6.92 Å². The molecule has 0 atom stereocenters. The minimum absolute atomic E-state index is 0.724. The zero-order chi connectivity index (χ0) is 17.1. The number of rotatable bonds is 4. The molecular formula is C19H26N6. The lowest BCUT2D eigenvalue weighted by Crippen LogP contribution is -2.32. The summed E-state index contributed by atoms with van der Waals surface area (Å²) in [6, 6.07) is 8.61. The van der Waals surface area contributed by atoms with Crippen molar-refractivity contribution in [3.63, 3.8) is 0 Å². The van der Waals surface area contributed by atoms with Crippen LogP contribution in [0.3, 0.4) is 0 Å². The number of benzene rings is 1. The van der Waals surface area contributed by atoms with Crippen molar-refractivity contribution in [1.29, 1.82) is 0 Å². The molecule has 0 spiro atoms. The van der Waals surface area contributed by atoms with Crippen LogP contribution in [-0.4, -0.2) is 41.4 Å². The Morgan fingerprint density at radius 3 is 2.40 bits per heavy atom. The average molecular weight is 338 g/mol. The number of piperidine rings is 1. The Morgan fingerprint density at radius 2 is 1.68 bits per heavy atom. The summed E-state index contributed by atoms with van der Waals surface area (Å²) in [4.78, 5) is 9.27. The number of hydrogen-bond acceptors (Lipinski definition) is 6. The minimum atomic E-state index is 0.724. The lowest BCUT2D eigenvalue weighted by Gasteiger charge is -2.32. The summed E-state index contributed by atoms with van der Waals surface area (Å²) >= 11 is 0. The molecule has 0 amide bonds. The van der Waals surface area contributed by atoms with E-state index in [-0.39, 0.29) is 0 Å². The predicted molar refractivity (Wildman–Crippen MR) is 102 cm³/mol. The van der Waals surface area contributed by atoms with Crippen LogP contribution in [0, 0.1) is 5.92 Å². The van der Waals surface area contributed by atoms with E-state index >= 15 is 0 Å². The molecule has 0 bridgehead atoms. The first-order valence-electron chi connectivity index (χ1n) is 9.35. The molecule has 25 heavy (non-hydrogen) atoms. The average Bonchev–Trinajstić information content (AvgIpc) is 3.18. The molecule has 2 aliphatic rings. The SMILES string of the molecule is CC1CCN(c2ccc(Nc3cnnc(N4CCCC4)n3)cc2)CC1. The van der Waals surface area contributed by atoms with Crippen LogP contribution < -0.4 is 15.1 Å². The third kappa shape index (κ3) is 3.83. The van der Waals surface area contributed by atoms with Crippen molar-refractivity contribution in [2.24, 2.45) is 5.92 Å². The second-order valence-corrected chi connectivity index (χ2v) is 7.18. The first-order valence-corrected chi connectivity index (χ1v) is 9.35. The molecule has 2 aromatic rings. The number of anilines is 4. The smallest absolute Gasteiger partial charge is 0.247 e. The molecule has 1 aromatic carbocycles. The number of hydrogen-bond donors (Lipinski definition) is 1. The van der Waals surface area contributed by atoms with Gasteiger partial charge in [-0.2, -0.15) is 10.1 Å². The monoisotopic (exact) mass is 338 g/mol. The summed E-state index contributed by atoms with van der Waals surface area (Å²) in [5.74, 6) is 2.32. The number of nitrogens with zero attached hydrogens (tertiary/aromatic N) is 5. The van der Waals surface area contributed by atoms with E-state index in [0.29, 0.717) is 0 Å². The molecule has 3 heterocycles. The molecule has 0 aliphatic carbocycles. The van der Waals surface area contributed by atoms with Crippen LogP contribution in [0.1, 0.15) is 32.6 Å². The maximum absolute atomic E-state index is 4.60. The minimum Gasteiger partial charge on any atom is -0.372 e. The van der Waals surface area contributed by atoms with Crippen LogP contribution in [0.25, 0.3) is 0 Å². The maximum Gasteiger partial charge on any atom is 0.247 e. The van der Waals surface area contributed by atoms with Crippen LogP contribution in [-0.2, 0) is 0 Å². The molecule has 2 saturated heterocycles. The van der Waals surface area contributed by atoms with E-state index in [9.17, 15) is 0 Å². The van der Waals surface area contributed by atoms with Crippen LogP contribution in [0.2, 0.25) is 0 Å². The van der Waals surface area contributed by atoms with E-state index in [2.05, 4.69) is 61.5 Å². The fourth-order valence-electron chi connectivity index (χ4n) is 3.58. The quantitative estimate of drug-likeness (QED) is 0.921. The Bertz CT molecular complexity index is 687. The van der Waals surface area contributed by atoms with Crippen molar-refractivity contribution in [2.75, 3.05) is 41.3 Å². The molecule has 0 unspecified atom stereocenters. The summed E-state index contributed by atoms with van der Waals surface area (Å²) < 4.78 is 0. The van der Waals surface area contributed by atoms with Gasteiger partial charge >= 0.3 is 0 Å². The zero-order valence-electron chi connectivity index (χ0n) is 14.9. The highest BCUT2D eigenvalue weighted by Crippen LogP contribution is 2.25. The van der Waals surface area contributed by atoms with E-state index in [0.717, 1.165) is 49.6 Å². The van der Waals surface area contributed by atoms with Crippen LogP contribution in [0.15, 0.2) is 30.5 Å². The molecule has 132 valence electrons.